The minimum atomic E-state index is -0.895. The van der Waals surface area contributed by atoms with Gasteiger partial charge < -0.3 is 14.2 Å². The highest BCUT2D eigenvalue weighted by atomic mass is 16.7. The topological polar surface area (TPSA) is 61.8 Å². The predicted molar refractivity (Wildman–Crippen MR) is 48.9 cm³/mol. The number of hydrogen-bond donors (Lipinski definition) is 0. The first-order valence-corrected chi connectivity index (χ1v) is 4.29. The van der Waals surface area contributed by atoms with Crippen LogP contribution in [0.15, 0.2) is 18.2 Å². The van der Waals surface area contributed by atoms with Crippen LogP contribution in [0.5, 0.6) is 17.2 Å². The summed E-state index contributed by atoms with van der Waals surface area (Å²) < 4.78 is 14.9. The maximum absolute atomic E-state index is 11.0. The van der Waals surface area contributed by atoms with Crippen LogP contribution in [0.3, 0.4) is 0 Å². The highest BCUT2D eigenvalue weighted by molar-refractivity contribution is 6.33. The molecule has 1 aromatic rings. The molecule has 0 atom stereocenters. The smallest absolute Gasteiger partial charge is 0.379 e. The van der Waals surface area contributed by atoms with E-state index in [1.807, 2.05) is 0 Å². The Kier molecular flexibility index (Phi) is 2.29. The number of fused-ring (bicyclic) bond motifs is 1. The molecule has 0 bridgehead atoms. The quantitative estimate of drug-likeness (QED) is 0.410. The van der Waals surface area contributed by atoms with Crippen molar-refractivity contribution in [1.29, 1.82) is 0 Å². The standard InChI is InChI=1S/C10H8O5/c1-6(11)10(12)15-7-2-3-8-9(4-7)14-5-13-8/h2-4H,5H2,1H3. The number of benzene rings is 1. The first kappa shape index (κ1) is 9.51. The van der Waals surface area contributed by atoms with Crippen LogP contribution < -0.4 is 14.2 Å². The van der Waals surface area contributed by atoms with E-state index < -0.39 is 11.8 Å². The molecule has 1 aliphatic heterocycles. The van der Waals surface area contributed by atoms with E-state index >= 15 is 0 Å². The molecule has 0 aliphatic carbocycles. The maximum Gasteiger partial charge on any atom is 0.379 e. The van der Waals surface area contributed by atoms with Crippen molar-refractivity contribution in [3.8, 4) is 17.2 Å². The lowest BCUT2D eigenvalue weighted by Crippen LogP contribution is -2.16. The van der Waals surface area contributed by atoms with E-state index in [0.29, 0.717) is 11.5 Å². The summed E-state index contributed by atoms with van der Waals surface area (Å²) in [5, 5.41) is 0. The minimum absolute atomic E-state index is 0.152. The summed E-state index contributed by atoms with van der Waals surface area (Å²) in [4.78, 5) is 21.6. The Labute approximate surface area is 85.5 Å². The second kappa shape index (κ2) is 3.61. The normalized spacial score (nSPS) is 12.3. The first-order valence-electron chi connectivity index (χ1n) is 4.29. The summed E-state index contributed by atoms with van der Waals surface area (Å²) in [5.41, 5.74) is 0. The van der Waals surface area contributed by atoms with Gasteiger partial charge >= 0.3 is 5.97 Å². The summed E-state index contributed by atoms with van der Waals surface area (Å²) in [6, 6.07) is 4.66. The average molecular weight is 208 g/mol. The lowest BCUT2D eigenvalue weighted by Gasteiger charge is -2.02. The molecular weight excluding hydrogens is 200 g/mol. The van der Waals surface area contributed by atoms with Crippen LogP contribution in [0.4, 0.5) is 0 Å². The fourth-order valence-electron chi connectivity index (χ4n) is 1.12. The van der Waals surface area contributed by atoms with Gasteiger partial charge in [-0.2, -0.15) is 0 Å². The van der Waals surface area contributed by atoms with Gasteiger partial charge in [0.2, 0.25) is 12.6 Å². The molecule has 1 aliphatic rings. The summed E-state index contributed by atoms with van der Waals surface area (Å²) in [5.74, 6) is -0.178. The predicted octanol–water partition coefficient (Wildman–Crippen LogP) is 0.910. The third-order valence-corrected chi connectivity index (χ3v) is 1.84. The van der Waals surface area contributed by atoms with Crippen molar-refractivity contribution in [2.24, 2.45) is 0 Å². The van der Waals surface area contributed by atoms with Crippen molar-refractivity contribution in [2.75, 3.05) is 6.79 Å². The zero-order valence-electron chi connectivity index (χ0n) is 7.98. The summed E-state index contributed by atoms with van der Waals surface area (Å²) in [6.45, 7) is 1.30. The molecule has 2 rings (SSSR count). The van der Waals surface area contributed by atoms with Gasteiger partial charge in [0.25, 0.3) is 0 Å². The van der Waals surface area contributed by atoms with Gasteiger partial charge in [0.05, 0.1) is 0 Å². The van der Waals surface area contributed by atoms with Gasteiger partial charge in [0.15, 0.2) is 11.5 Å². The first-order chi connectivity index (χ1) is 7.16. The Bertz CT molecular complexity index is 424. The van der Waals surface area contributed by atoms with E-state index in [9.17, 15) is 9.59 Å². The fourth-order valence-corrected chi connectivity index (χ4v) is 1.12. The number of carbonyl (C=O) groups excluding carboxylic acids is 2. The number of esters is 1. The molecule has 0 spiro atoms. The van der Waals surface area contributed by atoms with Gasteiger partial charge in [-0.25, -0.2) is 4.79 Å². The molecule has 15 heavy (non-hydrogen) atoms. The van der Waals surface area contributed by atoms with Crippen molar-refractivity contribution in [3.63, 3.8) is 0 Å². The molecule has 1 heterocycles. The highest BCUT2D eigenvalue weighted by Gasteiger charge is 2.16. The van der Waals surface area contributed by atoms with E-state index in [-0.39, 0.29) is 12.5 Å². The van der Waals surface area contributed by atoms with Gasteiger partial charge in [-0.05, 0) is 12.1 Å². The van der Waals surface area contributed by atoms with Gasteiger partial charge in [-0.15, -0.1) is 0 Å². The number of rotatable bonds is 2. The second-order valence-electron chi connectivity index (χ2n) is 2.96. The van der Waals surface area contributed by atoms with Gasteiger partial charge in [0.1, 0.15) is 5.75 Å². The third kappa shape index (κ3) is 1.90. The Hall–Kier alpha value is -2.04. The molecule has 0 N–H and O–H groups in total. The van der Waals surface area contributed by atoms with Crippen LogP contribution in [0.25, 0.3) is 0 Å². The Balaban J connectivity index is 2.17. The lowest BCUT2D eigenvalue weighted by molar-refractivity contribution is -0.146. The maximum atomic E-state index is 11.0. The van der Waals surface area contributed by atoms with Crippen LogP contribution >= 0.6 is 0 Å². The van der Waals surface area contributed by atoms with Crippen molar-refractivity contribution in [1.82, 2.24) is 0 Å². The number of carbonyl (C=O) groups is 2. The molecule has 0 saturated heterocycles. The largest absolute Gasteiger partial charge is 0.454 e. The number of ketones is 1. The van der Waals surface area contributed by atoms with Crippen LogP contribution in [-0.4, -0.2) is 18.5 Å². The Morgan fingerprint density at radius 2 is 2.00 bits per heavy atom. The molecule has 0 unspecified atom stereocenters. The van der Waals surface area contributed by atoms with Crippen LogP contribution in [0.1, 0.15) is 6.92 Å². The lowest BCUT2D eigenvalue weighted by atomic mass is 10.3. The summed E-state index contributed by atoms with van der Waals surface area (Å²) in [7, 11) is 0. The van der Waals surface area contributed by atoms with Crippen molar-refractivity contribution in [2.45, 2.75) is 6.92 Å². The van der Waals surface area contributed by atoms with Crippen molar-refractivity contribution in [3.05, 3.63) is 18.2 Å². The van der Waals surface area contributed by atoms with E-state index in [2.05, 4.69) is 0 Å². The number of ether oxygens (including phenoxy) is 3. The SMILES string of the molecule is CC(=O)C(=O)Oc1ccc2c(c1)OCO2. The minimum Gasteiger partial charge on any atom is -0.454 e. The van der Waals surface area contributed by atoms with E-state index in [0.717, 1.165) is 6.92 Å². The highest BCUT2D eigenvalue weighted by Crippen LogP contribution is 2.35. The molecule has 0 amide bonds. The summed E-state index contributed by atoms with van der Waals surface area (Å²) in [6.07, 6.45) is 0. The molecule has 78 valence electrons. The van der Waals surface area contributed by atoms with Crippen LogP contribution in [0.2, 0.25) is 0 Å². The second-order valence-corrected chi connectivity index (χ2v) is 2.96. The molecule has 0 aromatic heterocycles. The van der Waals surface area contributed by atoms with Gasteiger partial charge in [-0.1, -0.05) is 0 Å². The average Bonchev–Trinajstić information content (AvgIpc) is 2.64. The molecule has 5 heteroatoms. The zero-order valence-corrected chi connectivity index (χ0v) is 7.98. The summed E-state index contributed by atoms with van der Waals surface area (Å²) >= 11 is 0. The van der Waals surface area contributed by atoms with Crippen molar-refractivity contribution < 1.29 is 23.8 Å². The number of Topliss-reactive ketones (excluding diaryl/α,β-unsaturated/α-hetero) is 1. The molecule has 0 radical (unpaired) electrons. The fraction of sp³-hybridized carbons (Fsp3) is 0.200. The Morgan fingerprint density at radius 3 is 2.73 bits per heavy atom. The van der Waals surface area contributed by atoms with Gasteiger partial charge in [0, 0.05) is 13.0 Å². The van der Waals surface area contributed by atoms with E-state index in [4.69, 9.17) is 14.2 Å². The molecule has 1 aromatic carbocycles. The van der Waals surface area contributed by atoms with Crippen LogP contribution in [0, 0.1) is 0 Å². The van der Waals surface area contributed by atoms with Crippen LogP contribution in [-0.2, 0) is 9.59 Å². The van der Waals surface area contributed by atoms with E-state index in [1.165, 1.54) is 12.1 Å². The van der Waals surface area contributed by atoms with E-state index in [1.54, 1.807) is 6.07 Å². The molecule has 0 fully saturated rings. The number of hydrogen-bond acceptors (Lipinski definition) is 5. The Morgan fingerprint density at radius 1 is 1.27 bits per heavy atom. The molecular formula is C10H8O5. The van der Waals surface area contributed by atoms with Gasteiger partial charge in [-0.3, -0.25) is 4.79 Å². The molecule has 5 nitrogen and oxygen atoms in total. The monoisotopic (exact) mass is 208 g/mol. The zero-order chi connectivity index (χ0) is 10.8. The third-order valence-electron chi connectivity index (χ3n) is 1.84. The van der Waals surface area contributed by atoms with Crippen molar-refractivity contribution >= 4 is 11.8 Å². The molecule has 0 saturated carbocycles.